The van der Waals surface area contributed by atoms with Gasteiger partial charge in [0, 0.05) is 35.0 Å². The number of ether oxygens (including phenoxy) is 1. The molecule has 0 radical (unpaired) electrons. The number of aromatic nitrogens is 3. The normalized spacial score (nSPS) is 14.0. The second-order valence-corrected chi connectivity index (χ2v) is 11.1. The summed E-state index contributed by atoms with van der Waals surface area (Å²) in [6.07, 6.45) is 2.15. The third-order valence-electron chi connectivity index (χ3n) is 5.13. The summed E-state index contributed by atoms with van der Waals surface area (Å²) in [5.41, 5.74) is 3.16. The monoisotopic (exact) mass is 524 g/mol. The topological polar surface area (TPSA) is 80.5 Å². The van der Waals surface area contributed by atoms with Gasteiger partial charge in [-0.25, -0.2) is 4.79 Å². The number of carbonyl (C=O) groups is 1. The molecule has 10 heteroatoms. The van der Waals surface area contributed by atoms with Crippen LogP contribution in [0.25, 0.3) is 10.9 Å². The largest absolute Gasteiger partial charge is 0.506 e. The van der Waals surface area contributed by atoms with Crippen LogP contribution in [0.4, 0.5) is 0 Å². The molecule has 3 aromatic rings. The van der Waals surface area contributed by atoms with E-state index in [4.69, 9.17) is 4.74 Å². The van der Waals surface area contributed by atoms with Crippen molar-refractivity contribution in [3.63, 3.8) is 0 Å². The Bertz CT molecular complexity index is 1140. The average Bonchev–Trinajstić information content (AvgIpc) is 3.37. The van der Waals surface area contributed by atoms with Crippen LogP contribution >= 0.6 is 39.0 Å². The molecule has 1 aromatic carbocycles. The van der Waals surface area contributed by atoms with Crippen LogP contribution in [0.1, 0.15) is 52.4 Å². The van der Waals surface area contributed by atoms with Crippen molar-refractivity contribution in [3.05, 3.63) is 32.4 Å². The van der Waals surface area contributed by atoms with Crippen LogP contribution < -0.4 is 0 Å². The molecule has 7 nitrogen and oxygen atoms in total. The maximum absolute atomic E-state index is 13.2. The Morgan fingerprint density at radius 2 is 2.16 bits per heavy atom. The fourth-order valence-electron chi connectivity index (χ4n) is 3.81. The molecule has 0 amide bonds. The second-order valence-electron chi connectivity index (χ2n) is 7.84. The minimum absolute atomic E-state index is 0.165. The molecule has 166 valence electrons. The van der Waals surface area contributed by atoms with E-state index in [1.54, 1.807) is 23.1 Å². The molecule has 0 atom stereocenters. The first-order valence-electron chi connectivity index (χ1n) is 10.1. The van der Waals surface area contributed by atoms with E-state index in [2.05, 4.69) is 30.7 Å². The minimum Gasteiger partial charge on any atom is -0.506 e. The first kappa shape index (κ1) is 22.6. The molecule has 1 N–H and O–H groups in total. The molecule has 31 heavy (non-hydrogen) atoms. The van der Waals surface area contributed by atoms with Crippen LogP contribution in [0.3, 0.4) is 0 Å². The average molecular weight is 525 g/mol. The summed E-state index contributed by atoms with van der Waals surface area (Å²) >= 11 is 6.65. The summed E-state index contributed by atoms with van der Waals surface area (Å²) in [6, 6.07) is 2.27. The molecule has 0 bridgehead atoms. The van der Waals surface area contributed by atoms with Gasteiger partial charge in [0.05, 0.1) is 22.2 Å². The molecular weight excluding hydrogens is 500 g/mol. The first-order valence-corrected chi connectivity index (χ1v) is 12.7. The quantitative estimate of drug-likeness (QED) is 0.323. The van der Waals surface area contributed by atoms with Crippen molar-refractivity contribution in [2.45, 2.75) is 49.4 Å². The molecule has 2 aromatic heterocycles. The third kappa shape index (κ3) is 4.48. The number of hydrogen-bond acceptors (Lipinski definition) is 8. The smallest absolute Gasteiger partial charge is 0.340 e. The number of hydrogen-bond donors (Lipinski definition) is 1. The van der Waals surface area contributed by atoms with E-state index in [1.807, 2.05) is 38.9 Å². The predicted octanol–water partition coefficient (Wildman–Crippen LogP) is 5.13. The predicted molar refractivity (Wildman–Crippen MR) is 127 cm³/mol. The highest BCUT2D eigenvalue weighted by Gasteiger charge is 2.34. The van der Waals surface area contributed by atoms with Crippen molar-refractivity contribution in [1.82, 2.24) is 19.7 Å². The zero-order valence-corrected chi connectivity index (χ0v) is 21.2. The van der Waals surface area contributed by atoms with E-state index in [9.17, 15) is 9.90 Å². The molecule has 0 saturated heterocycles. The van der Waals surface area contributed by atoms with E-state index < -0.39 is 0 Å². The minimum atomic E-state index is -0.349. The molecule has 0 unspecified atom stereocenters. The number of esters is 1. The SMILES string of the molecule is CCOC(=O)c1c(CSc2nnc(C)s2)n(C2CC2)c2cc(Br)c(O)c(CN(C)C)c12. The van der Waals surface area contributed by atoms with Gasteiger partial charge in [-0.05, 0) is 62.8 Å². The van der Waals surface area contributed by atoms with Gasteiger partial charge in [0.1, 0.15) is 10.8 Å². The van der Waals surface area contributed by atoms with Gasteiger partial charge < -0.3 is 19.3 Å². The Morgan fingerprint density at radius 3 is 2.74 bits per heavy atom. The number of phenols is 1. The Hall–Kier alpha value is -1.62. The summed E-state index contributed by atoms with van der Waals surface area (Å²) in [4.78, 5) is 15.2. The number of benzene rings is 1. The lowest BCUT2D eigenvalue weighted by molar-refractivity contribution is 0.0527. The van der Waals surface area contributed by atoms with E-state index in [1.165, 1.54) is 0 Å². The number of carbonyl (C=O) groups excluding carboxylic acids is 1. The van der Waals surface area contributed by atoms with E-state index >= 15 is 0 Å². The fraction of sp³-hybridized carbons (Fsp3) is 0.476. The zero-order chi connectivity index (χ0) is 22.3. The van der Waals surface area contributed by atoms with E-state index in [-0.39, 0.29) is 11.7 Å². The highest BCUT2D eigenvalue weighted by molar-refractivity contribution is 9.10. The number of thioether (sulfide) groups is 1. The van der Waals surface area contributed by atoms with Crippen molar-refractivity contribution in [2.75, 3.05) is 20.7 Å². The number of nitrogens with zero attached hydrogens (tertiary/aromatic N) is 4. The Balaban J connectivity index is 1.95. The van der Waals surface area contributed by atoms with Gasteiger partial charge in [0.2, 0.25) is 0 Å². The van der Waals surface area contributed by atoms with Crippen molar-refractivity contribution in [3.8, 4) is 5.75 Å². The first-order chi connectivity index (χ1) is 14.8. The second kappa shape index (κ2) is 9.09. The van der Waals surface area contributed by atoms with Gasteiger partial charge >= 0.3 is 5.97 Å². The maximum Gasteiger partial charge on any atom is 0.340 e. The highest BCUT2D eigenvalue weighted by Crippen LogP contribution is 2.47. The Labute approximate surface area is 197 Å². The maximum atomic E-state index is 13.2. The van der Waals surface area contributed by atoms with Crippen LogP contribution in [0, 0.1) is 6.92 Å². The van der Waals surface area contributed by atoms with E-state index in [0.717, 1.165) is 44.3 Å². The number of fused-ring (bicyclic) bond motifs is 1. The van der Waals surface area contributed by atoms with Crippen molar-refractivity contribution in [1.29, 1.82) is 0 Å². The van der Waals surface area contributed by atoms with Gasteiger partial charge in [-0.2, -0.15) is 0 Å². The van der Waals surface area contributed by atoms with Crippen molar-refractivity contribution in [2.24, 2.45) is 0 Å². The molecule has 2 heterocycles. The summed E-state index contributed by atoms with van der Waals surface area (Å²) in [5, 5.41) is 20.9. The molecule has 4 rings (SSSR count). The lowest BCUT2D eigenvalue weighted by Gasteiger charge is -2.15. The molecule has 1 aliphatic carbocycles. The molecule has 1 saturated carbocycles. The van der Waals surface area contributed by atoms with Gasteiger partial charge in [-0.1, -0.05) is 23.1 Å². The molecule has 1 fully saturated rings. The number of halogens is 1. The Morgan fingerprint density at radius 1 is 1.42 bits per heavy atom. The standard InChI is InChI=1S/C21H25BrN4O3S2/c1-5-29-20(28)18-16(10-30-21-24-23-11(2)31-21)26(12-6-7-12)15-8-14(22)19(27)13(17(15)18)9-25(3)4/h8,12,27H,5-7,9-10H2,1-4H3. The zero-order valence-electron chi connectivity index (χ0n) is 17.9. The van der Waals surface area contributed by atoms with Crippen molar-refractivity contribution < 1.29 is 14.6 Å². The fourth-order valence-corrected chi connectivity index (χ4v) is 6.10. The van der Waals surface area contributed by atoms with Crippen LogP contribution in [-0.4, -0.2) is 51.4 Å². The molecule has 0 spiro atoms. The van der Waals surface area contributed by atoms with E-state index in [0.29, 0.717) is 35.0 Å². The Kier molecular flexibility index (Phi) is 6.62. The van der Waals surface area contributed by atoms with Crippen LogP contribution in [-0.2, 0) is 17.0 Å². The third-order valence-corrected chi connectivity index (χ3v) is 7.72. The lowest BCUT2D eigenvalue weighted by atomic mass is 10.0. The van der Waals surface area contributed by atoms with Crippen LogP contribution in [0.5, 0.6) is 5.75 Å². The molecule has 1 aliphatic rings. The summed E-state index contributed by atoms with van der Waals surface area (Å²) in [7, 11) is 3.89. The number of phenolic OH excluding ortho intramolecular Hbond substituents is 1. The number of aromatic hydroxyl groups is 1. The number of rotatable bonds is 8. The van der Waals surface area contributed by atoms with Gasteiger partial charge in [0.25, 0.3) is 0 Å². The van der Waals surface area contributed by atoms with Gasteiger partial charge in [-0.15, -0.1) is 10.2 Å². The van der Waals surface area contributed by atoms with Gasteiger partial charge in [0.15, 0.2) is 4.34 Å². The highest BCUT2D eigenvalue weighted by atomic mass is 79.9. The summed E-state index contributed by atoms with van der Waals surface area (Å²) in [6.45, 7) is 4.54. The summed E-state index contributed by atoms with van der Waals surface area (Å²) < 4.78 is 9.26. The van der Waals surface area contributed by atoms with Crippen LogP contribution in [0.2, 0.25) is 0 Å². The van der Waals surface area contributed by atoms with Crippen LogP contribution in [0.15, 0.2) is 14.9 Å². The number of aryl methyl sites for hydroxylation is 1. The lowest BCUT2D eigenvalue weighted by Crippen LogP contribution is -2.13. The van der Waals surface area contributed by atoms with Gasteiger partial charge in [-0.3, -0.25) is 0 Å². The van der Waals surface area contributed by atoms with Crippen molar-refractivity contribution >= 4 is 55.9 Å². The molecular formula is C21H25BrN4O3S2. The molecule has 0 aliphatic heterocycles. The summed E-state index contributed by atoms with van der Waals surface area (Å²) in [5.74, 6) is 0.393.